The van der Waals surface area contributed by atoms with Gasteiger partial charge in [-0.1, -0.05) is 12.1 Å². The molecule has 0 fully saturated rings. The van der Waals surface area contributed by atoms with Gasteiger partial charge in [-0.05, 0) is 37.3 Å². The van der Waals surface area contributed by atoms with Gasteiger partial charge in [0.05, 0.1) is 22.6 Å². The van der Waals surface area contributed by atoms with E-state index in [9.17, 15) is 33.2 Å². The van der Waals surface area contributed by atoms with E-state index in [0.29, 0.717) is 16.9 Å². The molecule has 1 radical (unpaired) electrons. The van der Waals surface area contributed by atoms with Gasteiger partial charge >= 0.3 is 59.1 Å². The Balaban J connectivity index is 0. The molecule has 2 rings (SSSR count). The molecule has 3 N–H and O–H groups in total. The molecule has 0 aliphatic carbocycles. The van der Waals surface area contributed by atoms with Gasteiger partial charge < -0.3 is 25.3 Å². The van der Waals surface area contributed by atoms with E-state index in [-0.39, 0.29) is 93.3 Å². The number of hydrogen-bond acceptors (Lipinski definition) is 12. The second kappa shape index (κ2) is 16.2. The zero-order chi connectivity index (χ0) is 22.3. The summed E-state index contributed by atoms with van der Waals surface area (Å²) in [6, 6.07) is 8.68. The normalized spacial score (nSPS) is 11.5. The van der Waals surface area contributed by atoms with Crippen LogP contribution >= 0.6 is 12.0 Å². The number of benzene rings is 2. The summed E-state index contributed by atoms with van der Waals surface area (Å²) in [7, 11) is -4.88. The van der Waals surface area contributed by atoms with Gasteiger partial charge in [-0.15, -0.1) is 10.2 Å². The molecule has 2 aromatic carbocycles. The van der Waals surface area contributed by atoms with Crippen molar-refractivity contribution in [2.75, 3.05) is 5.32 Å². The van der Waals surface area contributed by atoms with E-state index < -0.39 is 32.4 Å². The second-order valence-electron chi connectivity index (χ2n) is 5.41. The Bertz CT molecular complexity index is 1110. The van der Waals surface area contributed by atoms with E-state index in [0.717, 1.165) is 13.0 Å². The van der Waals surface area contributed by atoms with E-state index in [4.69, 9.17) is 0 Å². The van der Waals surface area contributed by atoms with Crippen LogP contribution in [-0.4, -0.2) is 29.1 Å². The molecule has 0 heterocycles. The fraction of sp³-hybridized carbons (Fsp3) is 0.0625. The molecule has 0 unspecified atom stereocenters. The molecular weight excluding hydrogens is 552 g/mol. The van der Waals surface area contributed by atoms with Crippen molar-refractivity contribution >= 4 is 39.4 Å². The third-order valence-electron chi connectivity index (χ3n) is 3.33. The van der Waals surface area contributed by atoms with Gasteiger partial charge in [0.2, 0.25) is 0 Å². The molecule has 0 spiro atoms. The van der Waals surface area contributed by atoms with Crippen molar-refractivity contribution in [2.24, 2.45) is 10.2 Å². The molecule has 0 saturated heterocycles. The number of nitrogens with one attached hydrogen (secondary N) is 1. The number of rotatable bonds is 8. The molecule has 0 atom stereocenters. The molecule has 0 aliphatic rings. The van der Waals surface area contributed by atoms with Crippen LogP contribution in [0.25, 0.3) is 0 Å². The molecule has 0 aromatic heterocycles. The fourth-order valence-corrected chi connectivity index (χ4v) is 3.07. The Hall–Kier alpha value is -0.491. The number of aromatic hydroxyl groups is 1. The first-order chi connectivity index (χ1) is 14.1. The summed E-state index contributed by atoms with van der Waals surface area (Å²) in [6.45, 7) is 1.12. The predicted molar refractivity (Wildman–Crippen MR) is 99.0 cm³/mol. The third-order valence-corrected chi connectivity index (χ3v) is 4.79. The maximum Gasteiger partial charge on any atom is 1.00 e. The summed E-state index contributed by atoms with van der Waals surface area (Å²) in [5.41, 5.74) is -1.09. The standard InChI is InChI=1S/C16H15N3O9S2.Cu.2Na/c1-9(20)15(16(22)17-11-4-2-3-5-14(11)30(24,25)26)19-18-12-8-10(29-28-27-23)6-7-13(12)21;;;/h2-8,20-21,23H,1H3,(H,17,22)(H,24,25,26);;;/q;;2*+1/p-2/b15-9-,19-18?;;;. The molecular formula is C16H13CuN3Na2O9S2. The first kappa shape index (κ1) is 34.7. The Kier molecular flexibility index (Phi) is 17.1. The van der Waals surface area contributed by atoms with Gasteiger partial charge in [0, 0.05) is 22.0 Å². The first-order valence-electron chi connectivity index (χ1n) is 7.77. The maximum atomic E-state index is 12.4. The van der Waals surface area contributed by atoms with E-state index in [1.54, 1.807) is 0 Å². The second-order valence-corrected chi connectivity index (χ2v) is 7.53. The molecule has 17 heteroatoms. The molecule has 1 amide bonds. The van der Waals surface area contributed by atoms with Gasteiger partial charge in [0.1, 0.15) is 27.3 Å². The Morgan fingerprint density at radius 3 is 2.39 bits per heavy atom. The Labute approximate surface area is 247 Å². The molecule has 0 saturated carbocycles. The zero-order valence-electron chi connectivity index (χ0n) is 17.3. The van der Waals surface area contributed by atoms with Crippen molar-refractivity contribution in [3.05, 3.63) is 53.9 Å². The number of para-hydroxylation sites is 1. The molecule has 33 heavy (non-hydrogen) atoms. The van der Waals surface area contributed by atoms with Crippen molar-refractivity contribution in [2.45, 2.75) is 16.7 Å². The number of nitrogens with zero attached hydrogens (tertiary/aromatic N) is 2. The molecule has 12 nitrogen and oxygen atoms in total. The number of anilines is 1. The van der Waals surface area contributed by atoms with E-state index in [1.165, 1.54) is 36.4 Å². The van der Waals surface area contributed by atoms with Crippen molar-refractivity contribution in [3.63, 3.8) is 0 Å². The van der Waals surface area contributed by atoms with Gasteiger partial charge in [-0.2, -0.15) is 4.33 Å². The number of phenolic OH excluding ortho intramolecular Hbond substituents is 1. The number of carbonyl (C=O) groups is 1. The minimum atomic E-state index is -4.88. The Morgan fingerprint density at radius 2 is 1.82 bits per heavy atom. The number of carbonyl (C=O) groups excluding carboxylic acids is 1. The van der Waals surface area contributed by atoms with Gasteiger partial charge in [0.15, 0.2) is 5.70 Å². The summed E-state index contributed by atoms with van der Waals surface area (Å²) in [5, 5.41) is 42.1. The van der Waals surface area contributed by atoms with Crippen LogP contribution in [0.3, 0.4) is 0 Å². The Morgan fingerprint density at radius 1 is 1.18 bits per heavy atom. The summed E-state index contributed by atoms with van der Waals surface area (Å²) < 4.78 is 38.1. The van der Waals surface area contributed by atoms with Crippen LogP contribution in [0.2, 0.25) is 0 Å². The van der Waals surface area contributed by atoms with Crippen LogP contribution < -0.4 is 69.7 Å². The summed E-state index contributed by atoms with van der Waals surface area (Å²) in [5.74, 6) is -1.99. The van der Waals surface area contributed by atoms with E-state index >= 15 is 0 Å². The minimum absolute atomic E-state index is 0. The molecule has 2 aromatic rings. The van der Waals surface area contributed by atoms with Crippen LogP contribution in [-0.2, 0) is 41.4 Å². The molecule has 0 aliphatic heterocycles. The molecule has 171 valence electrons. The number of aliphatic hydroxyl groups excluding tert-OH is 1. The van der Waals surface area contributed by atoms with E-state index in [1.807, 2.05) is 0 Å². The van der Waals surface area contributed by atoms with Crippen LogP contribution in [0.15, 0.2) is 73.9 Å². The summed E-state index contributed by atoms with van der Waals surface area (Å²) >= 11 is 0.521. The van der Waals surface area contributed by atoms with E-state index in [2.05, 4.69) is 24.9 Å². The minimum Gasteiger partial charge on any atom is -0.744 e. The quantitative estimate of drug-likeness (QED) is 0.0416. The largest absolute Gasteiger partial charge is 1.00 e. The predicted octanol–water partition coefficient (Wildman–Crippen LogP) is -3.96. The zero-order valence-corrected chi connectivity index (χ0v) is 23.9. The SMILES string of the molecule is C/C(O)=C(/N=Nc1cc(SOO[O-])ccc1O)C(=O)Nc1ccccc1S(=O)(=O)[O-].[Cu].[Na+].[Na+]. The average molecular weight is 565 g/mol. The number of azo groups is 1. The topological polar surface area (TPSA) is 193 Å². The fourth-order valence-electron chi connectivity index (χ4n) is 2.04. The number of phenols is 1. The number of amides is 1. The van der Waals surface area contributed by atoms with Crippen molar-refractivity contribution in [3.8, 4) is 5.75 Å². The van der Waals surface area contributed by atoms with Gasteiger partial charge in [-0.25, -0.2) is 8.42 Å². The smallest absolute Gasteiger partial charge is 0.744 e. The van der Waals surface area contributed by atoms with Crippen molar-refractivity contribution < 1.29 is 119 Å². The van der Waals surface area contributed by atoms with Crippen molar-refractivity contribution in [1.82, 2.24) is 0 Å². The van der Waals surface area contributed by atoms with Gasteiger partial charge in [-0.3, -0.25) is 9.83 Å². The van der Waals surface area contributed by atoms with Crippen LogP contribution in [0.1, 0.15) is 6.92 Å². The number of allylic oxidation sites excluding steroid dienone is 1. The van der Waals surface area contributed by atoms with Crippen molar-refractivity contribution in [1.29, 1.82) is 0 Å². The number of hydrogen-bond donors (Lipinski definition) is 3. The summed E-state index contributed by atoms with van der Waals surface area (Å²) in [4.78, 5) is 12.1. The summed E-state index contributed by atoms with van der Waals surface area (Å²) in [6.07, 6.45) is 0. The first-order valence-corrected chi connectivity index (χ1v) is 9.92. The van der Waals surface area contributed by atoms with Crippen LogP contribution in [0.5, 0.6) is 5.75 Å². The third kappa shape index (κ3) is 10.8. The van der Waals surface area contributed by atoms with Crippen LogP contribution in [0.4, 0.5) is 11.4 Å². The molecule has 0 bridgehead atoms. The van der Waals surface area contributed by atoms with Gasteiger partial charge in [0.25, 0.3) is 5.91 Å². The van der Waals surface area contributed by atoms with Crippen LogP contribution in [0, 0.1) is 0 Å². The number of aliphatic hydroxyl groups is 1. The monoisotopic (exact) mass is 564 g/mol. The maximum absolute atomic E-state index is 12.4. The average Bonchev–Trinajstić information content (AvgIpc) is 2.67.